The molecule has 0 fully saturated rings. The van der Waals surface area contributed by atoms with Crippen LogP contribution in [0, 0.1) is 5.92 Å². The summed E-state index contributed by atoms with van der Waals surface area (Å²) in [6.07, 6.45) is 1.74. The monoisotopic (exact) mass is 334 g/mol. The third-order valence-electron chi connectivity index (χ3n) is 3.06. The summed E-state index contributed by atoms with van der Waals surface area (Å²) >= 11 is 5.96. The number of sulfonamides is 1. The van der Waals surface area contributed by atoms with Crippen LogP contribution in [-0.2, 0) is 16.6 Å². The smallest absolute Gasteiger partial charge is 0.244 e. The molecule has 0 aromatic heterocycles. The maximum Gasteiger partial charge on any atom is 0.244 e. The lowest BCUT2D eigenvalue weighted by Crippen LogP contribution is -2.26. The van der Waals surface area contributed by atoms with Gasteiger partial charge in [-0.2, -0.15) is 0 Å². The summed E-state index contributed by atoms with van der Waals surface area (Å²) in [7, 11) is -2.25. The van der Waals surface area contributed by atoms with E-state index in [9.17, 15) is 8.42 Å². The maximum atomic E-state index is 12.4. The summed E-state index contributed by atoms with van der Waals surface area (Å²) in [4.78, 5) is 0.0301. The Bertz CT molecular complexity index is 574. The van der Waals surface area contributed by atoms with Crippen LogP contribution >= 0.6 is 11.6 Å². The normalized spacial score (nSPS) is 11.9. The van der Waals surface area contributed by atoms with E-state index in [4.69, 9.17) is 22.1 Å². The van der Waals surface area contributed by atoms with E-state index in [0.29, 0.717) is 23.0 Å². The molecule has 5 nitrogen and oxygen atoms in total. The Hall–Kier alpha value is -0.820. The predicted molar refractivity (Wildman–Crippen MR) is 85.2 cm³/mol. The van der Waals surface area contributed by atoms with Crippen LogP contribution in [0.5, 0.6) is 5.75 Å². The zero-order chi connectivity index (χ0) is 16.0. The van der Waals surface area contributed by atoms with E-state index in [1.54, 1.807) is 6.07 Å². The molecule has 0 radical (unpaired) electrons. The second kappa shape index (κ2) is 7.98. The van der Waals surface area contributed by atoms with Gasteiger partial charge in [0.2, 0.25) is 10.0 Å². The van der Waals surface area contributed by atoms with Crippen molar-refractivity contribution in [2.45, 2.75) is 38.1 Å². The average Bonchev–Trinajstić information content (AvgIpc) is 2.42. The predicted octanol–water partition coefficient (Wildman–Crippen LogP) is 2.52. The number of methoxy groups -OCH3 is 1. The minimum Gasteiger partial charge on any atom is -0.495 e. The first-order chi connectivity index (χ1) is 9.81. The Morgan fingerprint density at radius 2 is 2.05 bits per heavy atom. The minimum atomic E-state index is -3.67. The summed E-state index contributed by atoms with van der Waals surface area (Å²) in [5.74, 6) is 0.789. The molecule has 0 atom stereocenters. The van der Waals surface area contributed by atoms with Gasteiger partial charge in [0.1, 0.15) is 10.6 Å². The van der Waals surface area contributed by atoms with E-state index in [1.807, 2.05) is 0 Å². The number of ether oxygens (including phenoxy) is 1. The lowest BCUT2D eigenvalue weighted by molar-refractivity contribution is 0.397. The van der Waals surface area contributed by atoms with E-state index >= 15 is 0 Å². The van der Waals surface area contributed by atoms with Gasteiger partial charge >= 0.3 is 0 Å². The summed E-state index contributed by atoms with van der Waals surface area (Å²) in [6.45, 7) is 4.73. The first kappa shape index (κ1) is 18.2. The fourth-order valence-electron chi connectivity index (χ4n) is 2.00. The van der Waals surface area contributed by atoms with Gasteiger partial charge in [0, 0.05) is 23.7 Å². The quantitative estimate of drug-likeness (QED) is 0.716. The van der Waals surface area contributed by atoms with E-state index in [2.05, 4.69) is 18.6 Å². The van der Waals surface area contributed by atoms with Crippen molar-refractivity contribution in [2.75, 3.05) is 13.7 Å². The molecule has 0 unspecified atom stereocenters. The highest BCUT2D eigenvalue weighted by molar-refractivity contribution is 7.89. The SMILES string of the molecule is COc1c(CN)cc(Cl)cc1S(=O)(=O)NCCCC(C)C. The Balaban J connectivity index is 2.99. The number of rotatable bonds is 8. The molecule has 0 spiro atoms. The summed E-state index contributed by atoms with van der Waals surface area (Å²) in [5, 5.41) is 0.318. The second-order valence-corrected chi connectivity index (χ2v) is 7.41. The number of hydrogen-bond acceptors (Lipinski definition) is 4. The Morgan fingerprint density at radius 3 is 2.57 bits per heavy atom. The van der Waals surface area contributed by atoms with Gasteiger partial charge in [-0.3, -0.25) is 0 Å². The Morgan fingerprint density at radius 1 is 1.38 bits per heavy atom. The largest absolute Gasteiger partial charge is 0.495 e. The Kier molecular flexibility index (Phi) is 6.93. The zero-order valence-corrected chi connectivity index (χ0v) is 14.2. The molecule has 1 rings (SSSR count). The van der Waals surface area contributed by atoms with Crippen molar-refractivity contribution in [2.24, 2.45) is 11.7 Å². The molecule has 0 aliphatic rings. The van der Waals surface area contributed by atoms with E-state index in [-0.39, 0.29) is 17.2 Å². The van der Waals surface area contributed by atoms with Crippen LogP contribution in [0.2, 0.25) is 5.02 Å². The van der Waals surface area contributed by atoms with Crippen LogP contribution in [0.25, 0.3) is 0 Å². The molecular formula is C14H23ClN2O3S. The molecule has 0 heterocycles. The van der Waals surface area contributed by atoms with Crippen LogP contribution in [0.3, 0.4) is 0 Å². The molecule has 0 aliphatic heterocycles. The highest BCUT2D eigenvalue weighted by atomic mass is 35.5. The second-order valence-electron chi connectivity index (χ2n) is 5.23. The number of benzene rings is 1. The molecule has 0 saturated carbocycles. The van der Waals surface area contributed by atoms with Crippen LogP contribution in [0.4, 0.5) is 0 Å². The molecule has 21 heavy (non-hydrogen) atoms. The van der Waals surface area contributed by atoms with Crippen LogP contribution < -0.4 is 15.2 Å². The molecule has 3 N–H and O–H groups in total. The molecular weight excluding hydrogens is 312 g/mol. The number of halogens is 1. The van der Waals surface area contributed by atoms with Crippen molar-refractivity contribution < 1.29 is 13.2 Å². The average molecular weight is 335 g/mol. The molecule has 0 amide bonds. The molecule has 0 aliphatic carbocycles. The van der Waals surface area contributed by atoms with Gasteiger partial charge < -0.3 is 10.5 Å². The van der Waals surface area contributed by atoms with Gasteiger partial charge in [-0.1, -0.05) is 25.4 Å². The van der Waals surface area contributed by atoms with Gasteiger partial charge in [-0.25, -0.2) is 13.1 Å². The van der Waals surface area contributed by atoms with Crippen LogP contribution in [0.1, 0.15) is 32.3 Å². The standard InChI is InChI=1S/C14H23ClN2O3S/c1-10(2)5-4-6-17-21(18,19)13-8-12(15)7-11(9-16)14(13)20-3/h7-8,10,17H,4-6,9,16H2,1-3H3. The number of nitrogens with one attached hydrogen (secondary N) is 1. The van der Waals surface area contributed by atoms with E-state index in [0.717, 1.165) is 12.8 Å². The lowest BCUT2D eigenvalue weighted by atomic mass is 10.1. The summed E-state index contributed by atoms with van der Waals surface area (Å²) in [5.41, 5.74) is 6.17. The summed E-state index contributed by atoms with van der Waals surface area (Å²) < 4.78 is 32.5. The molecule has 7 heteroatoms. The van der Waals surface area contributed by atoms with Crippen molar-refractivity contribution >= 4 is 21.6 Å². The molecule has 1 aromatic carbocycles. The third-order valence-corrected chi connectivity index (χ3v) is 4.75. The molecule has 0 bridgehead atoms. The number of nitrogens with two attached hydrogens (primary N) is 1. The topological polar surface area (TPSA) is 81.4 Å². The van der Waals surface area contributed by atoms with Crippen LogP contribution in [-0.4, -0.2) is 22.1 Å². The maximum absolute atomic E-state index is 12.4. The summed E-state index contributed by atoms with van der Waals surface area (Å²) in [6, 6.07) is 2.99. The molecule has 0 saturated heterocycles. The van der Waals surface area contributed by atoms with Gasteiger partial charge in [-0.15, -0.1) is 0 Å². The van der Waals surface area contributed by atoms with Gasteiger partial charge in [0.05, 0.1) is 7.11 Å². The van der Waals surface area contributed by atoms with Crippen LogP contribution in [0.15, 0.2) is 17.0 Å². The first-order valence-corrected chi connectivity index (χ1v) is 8.74. The fourth-order valence-corrected chi connectivity index (χ4v) is 3.61. The van der Waals surface area contributed by atoms with Gasteiger partial charge in [-0.05, 0) is 30.9 Å². The van der Waals surface area contributed by atoms with Gasteiger partial charge in [0.15, 0.2) is 0 Å². The van der Waals surface area contributed by atoms with Crippen molar-refractivity contribution in [3.63, 3.8) is 0 Å². The minimum absolute atomic E-state index is 0.0301. The highest BCUT2D eigenvalue weighted by Gasteiger charge is 2.22. The fraction of sp³-hybridized carbons (Fsp3) is 0.571. The van der Waals surface area contributed by atoms with E-state index < -0.39 is 10.0 Å². The van der Waals surface area contributed by atoms with Crippen molar-refractivity contribution in [1.82, 2.24) is 4.72 Å². The lowest BCUT2D eigenvalue weighted by Gasteiger charge is -2.14. The van der Waals surface area contributed by atoms with Crippen molar-refractivity contribution in [3.05, 3.63) is 22.7 Å². The highest BCUT2D eigenvalue weighted by Crippen LogP contribution is 2.31. The van der Waals surface area contributed by atoms with E-state index in [1.165, 1.54) is 13.2 Å². The van der Waals surface area contributed by atoms with Gasteiger partial charge in [0.25, 0.3) is 0 Å². The first-order valence-electron chi connectivity index (χ1n) is 6.88. The van der Waals surface area contributed by atoms with Crippen molar-refractivity contribution in [1.29, 1.82) is 0 Å². The Labute approximate surface area is 131 Å². The zero-order valence-electron chi connectivity index (χ0n) is 12.6. The number of hydrogen-bond donors (Lipinski definition) is 2. The van der Waals surface area contributed by atoms with Crippen molar-refractivity contribution in [3.8, 4) is 5.75 Å². The molecule has 1 aromatic rings. The molecule has 120 valence electrons. The third kappa shape index (κ3) is 5.14.